The molecule has 30 heavy (non-hydrogen) atoms. The van der Waals surface area contributed by atoms with Gasteiger partial charge in [0.2, 0.25) is 0 Å². The molecule has 5 rings (SSSR count). The molecule has 0 bridgehead atoms. The molecule has 0 spiro atoms. The summed E-state index contributed by atoms with van der Waals surface area (Å²) in [6, 6.07) is 24.7. The summed E-state index contributed by atoms with van der Waals surface area (Å²) in [6.07, 6.45) is 0. The van der Waals surface area contributed by atoms with Gasteiger partial charge in [0, 0.05) is 16.5 Å². The second-order valence-corrected chi connectivity index (χ2v) is 8.88. The zero-order valence-corrected chi connectivity index (χ0v) is 17.6. The fraction of sp³-hybridized carbons (Fsp3) is 0.240. The fourth-order valence-electron chi connectivity index (χ4n) is 4.09. The number of benzene rings is 3. The van der Waals surface area contributed by atoms with Crippen LogP contribution in [-0.2, 0) is 9.31 Å². The van der Waals surface area contributed by atoms with Crippen LogP contribution in [0, 0.1) is 11.3 Å². The van der Waals surface area contributed by atoms with Gasteiger partial charge in [0.25, 0.3) is 0 Å². The van der Waals surface area contributed by atoms with Crippen molar-refractivity contribution in [2.24, 2.45) is 0 Å². The lowest BCUT2D eigenvalue weighted by Crippen LogP contribution is -2.41. The zero-order chi connectivity index (χ0) is 21.1. The minimum Gasteiger partial charge on any atom is -0.399 e. The molecule has 4 aromatic rings. The molecule has 148 valence electrons. The number of para-hydroxylation sites is 1. The van der Waals surface area contributed by atoms with E-state index in [-0.39, 0.29) is 11.2 Å². The van der Waals surface area contributed by atoms with Crippen molar-refractivity contribution in [3.63, 3.8) is 0 Å². The van der Waals surface area contributed by atoms with Crippen LogP contribution in [0.5, 0.6) is 0 Å². The second kappa shape index (κ2) is 6.47. The van der Waals surface area contributed by atoms with Crippen molar-refractivity contribution in [3.8, 4) is 11.8 Å². The topological polar surface area (TPSA) is 47.2 Å². The van der Waals surface area contributed by atoms with Crippen LogP contribution in [0.25, 0.3) is 27.5 Å². The van der Waals surface area contributed by atoms with E-state index in [0.29, 0.717) is 5.56 Å². The maximum Gasteiger partial charge on any atom is 0.494 e. The first-order valence-corrected chi connectivity index (χ1v) is 10.2. The maximum absolute atomic E-state index is 9.43. The Hall–Kier alpha value is -3.07. The first-order chi connectivity index (χ1) is 14.3. The van der Waals surface area contributed by atoms with E-state index < -0.39 is 7.12 Å². The lowest BCUT2D eigenvalue weighted by molar-refractivity contribution is 0.00578. The van der Waals surface area contributed by atoms with Crippen LogP contribution < -0.4 is 5.46 Å². The highest BCUT2D eigenvalue weighted by Gasteiger charge is 2.51. The number of fused-ring (bicyclic) bond motifs is 3. The summed E-state index contributed by atoms with van der Waals surface area (Å²) >= 11 is 0. The summed E-state index contributed by atoms with van der Waals surface area (Å²) in [6.45, 7) is 8.26. The molecule has 0 N–H and O–H groups in total. The summed E-state index contributed by atoms with van der Waals surface area (Å²) in [5.74, 6) is 0. The molecule has 1 aromatic heterocycles. The number of nitriles is 1. The molecule has 1 aliphatic rings. The summed E-state index contributed by atoms with van der Waals surface area (Å²) in [7, 11) is -0.409. The number of nitrogens with zero attached hydrogens (tertiary/aromatic N) is 2. The molecule has 2 heterocycles. The summed E-state index contributed by atoms with van der Waals surface area (Å²) < 4.78 is 14.7. The third-order valence-electron chi connectivity index (χ3n) is 6.46. The molecule has 0 unspecified atom stereocenters. The van der Waals surface area contributed by atoms with Gasteiger partial charge in [-0.15, -0.1) is 0 Å². The van der Waals surface area contributed by atoms with Crippen molar-refractivity contribution in [1.82, 2.24) is 4.57 Å². The molecule has 1 saturated heterocycles. The van der Waals surface area contributed by atoms with E-state index in [9.17, 15) is 5.26 Å². The second-order valence-electron chi connectivity index (χ2n) is 8.88. The van der Waals surface area contributed by atoms with E-state index in [1.54, 1.807) is 0 Å². The predicted molar refractivity (Wildman–Crippen MR) is 121 cm³/mol. The normalized spacial score (nSPS) is 17.5. The van der Waals surface area contributed by atoms with Gasteiger partial charge < -0.3 is 13.9 Å². The Morgan fingerprint density at radius 2 is 1.50 bits per heavy atom. The first kappa shape index (κ1) is 18.9. The number of rotatable bonds is 2. The van der Waals surface area contributed by atoms with Crippen LogP contribution in [0.4, 0.5) is 0 Å². The number of hydrogen-bond acceptors (Lipinski definition) is 3. The lowest BCUT2D eigenvalue weighted by atomic mass is 9.78. The molecule has 0 aliphatic carbocycles. The largest absolute Gasteiger partial charge is 0.494 e. The van der Waals surface area contributed by atoms with Crippen LogP contribution in [-0.4, -0.2) is 22.9 Å². The Bertz CT molecular complexity index is 1300. The molecule has 1 aliphatic heterocycles. The van der Waals surface area contributed by atoms with E-state index in [4.69, 9.17) is 9.31 Å². The quantitative estimate of drug-likeness (QED) is 0.452. The van der Waals surface area contributed by atoms with Gasteiger partial charge in [-0.05, 0) is 63.5 Å². The zero-order valence-electron chi connectivity index (χ0n) is 17.6. The molecule has 0 saturated carbocycles. The van der Waals surface area contributed by atoms with Gasteiger partial charge in [0.05, 0.1) is 33.9 Å². The van der Waals surface area contributed by atoms with E-state index in [1.807, 2.05) is 36.4 Å². The Kier molecular flexibility index (Phi) is 4.08. The van der Waals surface area contributed by atoms with Crippen LogP contribution >= 0.6 is 0 Å². The lowest BCUT2D eigenvalue weighted by Gasteiger charge is -2.32. The Morgan fingerprint density at radius 1 is 0.800 bits per heavy atom. The first-order valence-electron chi connectivity index (χ1n) is 10.2. The van der Waals surface area contributed by atoms with Gasteiger partial charge in [0.1, 0.15) is 0 Å². The number of aromatic nitrogens is 1. The molecule has 0 radical (unpaired) electrons. The summed E-state index contributed by atoms with van der Waals surface area (Å²) in [4.78, 5) is 0. The SMILES string of the molecule is CC1(C)OB(c2ccc3c(c2)c2ccc(C#N)cc2n3-c2ccccc2)OC1(C)C. The monoisotopic (exact) mass is 394 g/mol. The highest BCUT2D eigenvalue weighted by atomic mass is 16.7. The van der Waals surface area contributed by atoms with E-state index in [0.717, 1.165) is 33.0 Å². The number of hydrogen-bond donors (Lipinski definition) is 0. The van der Waals surface area contributed by atoms with Gasteiger partial charge in [-0.3, -0.25) is 0 Å². The summed E-state index contributed by atoms with van der Waals surface area (Å²) in [5, 5.41) is 11.6. The average Bonchev–Trinajstić information content (AvgIpc) is 3.17. The van der Waals surface area contributed by atoms with Gasteiger partial charge in [0.15, 0.2) is 0 Å². The standard InChI is InChI=1S/C25H23BN2O2/c1-24(2)25(3,4)30-26(29-24)18-11-13-22-21(15-18)20-12-10-17(16-27)14-23(20)28(22)19-8-6-5-7-9-19/h5-15H,1-4H3. The van der Waals surface area contributed by atoms with Gasteiger partial charge >= 0.3 is 7.12 Å². The molecule has 0 atom stereocenters. The van der Waals surface area contributed by atoms with Crippen molar-refractivity contribution >= 4 is 34.4 Å². The van der Waals surface area contributed by atoms with Crippen LogP contribution in [0.2, 0.25) is 0 Å². The van der Waals surface area contributed by atoms with Crippen LogP contribution in [0.15, 0.2) is 66.7 Å². The molecular formula is C25H23BN2O2. The maximum atomic E-state index is 9.43. The van der Waals surface area contributed by atoms with Gasteiger partial charge in [-0.25, -0.2) is 0 Å². The van der Waals surface area contributed by atoms with Gasteiger partial charge in [-0.2, -0.15) is 5.26 Å². The Labute approximate surface area is 176 Å². The van der Waals surface area contributed by atoms with Gasteiger partial charge in [-0.1, -0.05) is 36.4 Å². The van der Waals surface area contributed by atoms with Crippen molar-refractivity contribution in [2.45, 2.75) is 38.9 Å². The van der Waals surface area contributed by atoms with E-state index >= 15 is 0 Å². The molecule has 4 nitrogen and oxygen atoms in total. The molecule has 1 fully saturated rings. The van der Waals surface area contributed by atoms with E-state index in [1.165, 1.54) is 0 Å². The minimum atomic E-state index is -0.409. The van der Waals surface area contributed by atoms with Crippen molar-refractivity contribution in [3.05, 3.63) is 72.3 Å². The fourth-order valence-corrected chi connectivity index (χ4v) is 4.09. The summed E-state index contributed by atoms with van der Waals surface area (Å²) in [5.41, 5.74) is 4.05. The van der Waals surface area contributed by atoms with Crippen LogP contribution in [0.3, 0.4) is 0 Å². The Balaban J connectivity index is 1.74. The molecule has 0 amide bonds. The van der Waals surface area contributed by atoms with Crippen molar-refractivity contribution < 1.29 is 9.31 Å². The third kappa shape index (κ3) is 2.76. The van der Waals surface area contributed by atoms with Crippen molar-refractivity contribution in [1.29, 1.82) is 5.26 Å². The predicted octanol–water partition coefficient (Wildman–Crippen LogP) is 4.95. The van der Waals surface area contributed by atoms with E-state index in [2.05, 4.69) is 68.7 Å². The molecular weight excluding hydrogens is 371 g/mol. The Morgan fingerprint density at radius 3 is 2.17 bits per heavy atom. The minimum absolute atomic E-state index is 0.383. The smallest absolute Gasteiger partial charge is 0.399 e. The third-order valence-corrected chi connectivity index (χ3v) is 6.46. The highest BCUT2D eigenvalue weighted by Crippen LogP contribution is 2.37. The highest BCUT2D eigenvalue weighted by molar-refractivity contribution is 6.62. The molecule has 5 heteroatoms. The van der Waals surface area contributed by atoms with Crippen molar-refractivity contribution in [2.75, 3.05) is 0 Å². The molecule has 3 aromatic carbocycles. The average molecular weight is 394 g/mol. The van der Waals surface area contributed by atoms with Crippen LogP contribution in [0.1, 0.15) is 33.3 Å².